The third kappa shape index (κ3) is 7.24. The SMILES string of the molecule is CCS(=O)(=O)N(C/C=C/c1cccc(C(F)(F)F)c1)c1ccc(OC2CCN(C(C)=N)CC2)cc1. The molecule has 3 rings (SSSR count). The van der Waals surface area contributed by atoms with Crippen molar-refractivity contribution in [1.29, 1.82) is 5.41 Å². The van der Waals surface area contributed by atoms with Gasteiger partial charge in [-0.15, -0.1) is 0 Å². The van der Waals surface area contributed by atoms with Gasteiger partial charge < -0.3 is 9.64 Å². The predicted octanol–water partition coefficient (Wildman–Crippen LogP) is 5.42. The second-order valence-electron chi connectivity index (χ2n) is 8.34. The van der Waals surface area contributed by atoms with Crippen molar-refractivity contribution in [3.8, 4) is 5.75 Å². The minimum Gasteiger partial charge on any atom is -0.490 e. The number of nitrogens with one attached hydrogen (secondary N) is 1. The molecular weight excluding hydrogens is 479 g/mol. The number of anilines is 1. The molecule has 10 heteroatoms. The van der Waals surface area contributed by atoms with Crippen LogP contribution in [0, 0.1) is 5.41 Å². The maximum atomic E-state index is 12.9. The standard InChI is InChI=1S/C25H30F3N3O3S/c1-3-35(32,33)31(15-5-7-20-6-4-8-21(18-20)25(26,27)28)22-9-11-23(12-10-22)34-24-13-16-30(17-14-24)19(2)29/h4-12,18,24,29H,3,13-17H2,1-2H3/b7-5+,29-19?. The first-order chi connectivity index (χ1) is 16.5. The molecule has 0 radical (unpaired) electrons. The minimum absolute atomic E-state index is 0.0198. The summed E-state index contributed by atoms with van der Waals surface area (Å²) in [5.41, 5.74) is 0.0238. The zero-order valence-corrected chi connectivity index (χ0v) is 20.6. The normalized spacial score (nSPS) is 15.4. The summed E-state index contributed by atoms with van der Waals surface area (Å²) >= 11 is 0. The lowest BCUT2D eigenvalue weighted by molar-refractivity contribution is -0.137. The van der Waals surface area contributed by atoms with Crippen molar-refractivity contribution in [1.82, 2.24) is 4.90 Å². The van der Waals surface area contributed by atoms with E-state index < -0.39 is 21.8 Å². The van der Waals surface area contributed by atoms with Crippen molar-refractivity contribution in [3.05, 3.63) is 65.7 Å². The Morgan fingerprint density at radius 2 is 1.83 bits per heavy atom. The van der Waals surface area contributed by atoms with Gasteiger partial charge in [0.15, 0.2) is 0 Å². The summed E-state index contributed by atoms with van der Waals surface area (Å²) in [4.78, 5) is 2.00. The Hall–Kier alpha value is -3.01. The molecule has 0 aromatic heterocycles. The molecule has 1 aliphatic heterocycles. The van der Waals surface area contributed by atoms with Gasteiger partial charge in [0.2, 0.25) is 10.0 Å². The van der Waals surface area contributed by atoms with Crippen molar-refractivity contribution in [2.24, 2.45) is 0 Å². The highest BCUT2D eigenvalue weighted by atomic mass is 32.2. The Morgan fingerprint density at radius 1 is 1.17 bits per heavy atom. The summed E-state index contributed by atoms with van der Waals surface area (Å²) in [6.07, 6.45) is 0.201. The smallest absolute Gasteiger partial charge is 0.416 e. The fraction of sp³-hybridized carbons (Fsp3) is 0.400. The summed E-state index contributed by atoms with van der Waals surface area (Å²) in [5.74, 6) is 1.06. The average molecular weight is 510 g/mol. The van der Waals surface area contributed by atoms with Crippen LogP contribution in [0.2, 0.25) is 0 Å². The number of rotatable bonds is 8. The molecule has 1 fully saturated rings. The lowest BCUT2D eigenvalue weighted by atomic mass is 10.1. The summed E-state index contributed by atoms with van der Waals surface area (Å²) in [5, 5.41) is 7.72. The van der Waals surface area contributed by atoms with Crippen molar-refractivity contribution in [2.45, 2.75) is 39.0 Å². The van der Waals surface area contributed by atoms with Gasteiger partial charge in [0.25, 0.3) is 0 Å². The van der Waals surface area contributed by atoms with E-state index in [1.165, 1.54) is 28.6 Å². The van der Waals surface area contributed by atoms with Gasteiger partial charge in [0.05, 0.1) is 29.4 Å². The molecule has 0 atom stereocenters. The van der Waals surface area contributed by atoms with E-state index in [1.54, 1.807) is 38.1 Å². The second-order valence-corrected chi connectivity index (χ2v) is 10.5. The van der Waals surface area contributed by atoms with Crippen molar-refractivity contribution in [3.63, 3.8) is 0 Å². The highest BCUT2D eigenvalue weighted by Gasteiger charge is 2.30. The second kappa shape index (κ2) is 11.2. The zero-order chi connectivity index (χ0) is 25.6. The summed E-state index contributed by atoms with van der Waals surface area (Å²) < 4.78 is 71.5. The van der Waals surface area contributed by atoms with Crippen LogP contribution in [0.25, 0.3) is 6.08 Å². The van der Waals surface area contributed by atoms with Crippen molar-refractivity contribution >= 4 is 27.6 Å². The first-order valence-corrected chi connectivity index (χ1v) is 13.0. The van der Waals surface area contributed by atoms with Crippen LogP contribution >= 0.6 is 0 Å². The first kappa shape index (κ1) is 26.6. The molecule has 1 N–H and O–H groups in total. The van der Waals surface area contributed by atoms with E-state index in [9.17, 15) is 21.6 Å². The van der Waals surface area contributed by atoms with Gasteiger partial charge in [-0.3, -0.25) is 9.71 Å². The van der Waals surface area contributed by atoms with Crippen LogP contribution in [0.3, 0.4) is 0 Å². The lowest BCUT2D eigenvalue weighted by Crippen LogP contribution is -2.40. The Bertz CT molecular complexity index is 1140. The first-order valence-electron chi connectivity index (χ1n) is 11.4. The third-order valence-corrected chi connectivity index (χ3v) is 7.60. The molecule has 0 bridgehead atoms. The monoisotopic (exact) mass is 509 g/mol. The quantitative estimate of drug-likeness (QED) is 0.381. The van der Waals surface area contributed by atoms with Crippen LogP contribution < -0.4 is 9.04 Å². The van der Waals surface area contributed by atoms with Crippen LogP contribution in [-0.2, 0) is 16.2 Å². The number of hydrogen-bond acceptors (Lipinski definition) is 4. The third-order valence-electron chi connectivity index (χ3n) is 5.84. The maximum absolute atomic E-state index is 12.9. The van der Waals surface area contributed by atoms with Crippen molar-refractivity contribution in [2.75, 3.05) is 29.7 Å². The highest BCUT2D eigenvalue weighted by molar-refractivity contribution is 7.92. The van der Waals surface area contributed by atoms with Crippen LogP contribution in [0.5, 0.6) is 5.75 Å². The molecule has 0 saturated carbocycles. The number of ether oxygens (including phenoxy) is 1. The lowest BCUT2D eigenvalue weighted by Gasteiger charge is -2.32. The number of nitrogens with zero attached hydrogens (tertiary/aromatic N) is 2. The Balaban J connectivity index is 1.69. The molecule has 35 heavy (non-hydrogen) atoms. The molecule has 2 aromatic carbocycles. The molecule has 0 unspecified atom stereocenters. The highest BCUT2D eigenvalue weighted by Crippen LogP contribution is 2.30. The molecule has 1 saturated heterocycles. The number of amidine groups is 1. The molecule has 0 amide bonds. The molecule has 190 valence electrons. The molecule has 1 heterocycles. The fourth-order valence-corrected chi connectivity index (χ4v) is 4.90. The average Bonchev–Trinajstić information content (AvgIpc) is 2.82. The number of benzene rings is 2. The molecule has 0 spiro atoms. The summed E-state index contributed by atoms with van der Waals surface area (Å²) in [6, 6.07) is 11.6. The van der Waals surface area contributed by atoms with E-state index in [-0.39, 0.29) is 18.4 Å². The maximum Gasteiger partial charge on any atom is 0.416 e. The summed E-state index contributed by atoms with van der Waals surface area (Å²) in [6.45, 7) is 4.81. The Kier molecular flexibility index (Phi) is 8.47. The van der Waals surface area contributed by atoms with Crippen LogP contribution in [-0.4, -0.2) is 50.6 Å². The van der Waals surface area contributed by atoms with Crippen LogP contribution in [0.1, 0.15) is 37.8 Å². The fourth-order valence-electron chi connectivity index (χ4n) is 3.83. The number of hydrogen-bond donors (Lipinski definition) is 1. The number of likely N-dealkylation sites (tertiary alicyclic amines) is 1. The number of piperidine rings is 1. The van der Waals surface area contributed by atoms with Gasteiger partial charge in [-0.05, 0) is 55.8 Å². The van der Waals surface area contributed by atoms with Gasteiger partial charge >= 0.3 is 6.18 Å². The Labute approximate surface area is 204 Å². The summed E-state index contributed by atoms with van der Waals surface area (Å²) in [7, 11) is -3.62. The van der Waals surface area contributed by atoms with Gasteiger partial charge in [-0.1, -0.05) is 24.3 Å². The van der Waals surface area contributed by atoms with E-state index >= 15 is 0 Å². The molecular formula is C25H30F3N3O3S. The van der Waals surface area contributed by atoms with E-state index in [1.807, 2.05) is 4.90 Å². The number of alkyl halides is 3. The molecule has 1 aliphatic rings. The zero-order valence-electron chi connectivity index (χ0n) is 19.8. The van der Waals surface area contributed by atoms with Gasteiger partial charge in [-0.2, -0.15) is 13.2 Å². The van der Waals surface area contributed by atoms with Gasteiger partial charge in [-0.25, -0.2) is 8.42 Å². The van der Waals surface area contributed by atoms with E-state index in [2.05, 4.69) is 0 Å². The van der Waals surface area contributed by atoms with E-state index in [0.717, 1.165) is 38.1 Å². The topological polar surface area (TPSA) is 73.7 Å². The minimum atomic E-state index is -4.44. The van der Waals surface area contributed by atoms with Crippen LogP contribution in [0.4, 0.5) is 18.9 Å². The molecule has 0 aliphatic carbocycles. The van der Waals surface area contributed by atoms with E-state index in [4.69, 9.17) is 10.1 Å². The molecule has 6 nitrogen and oxygen atoms in total. The predicted molar refractivity (Wildman–Crippen MR) is 132 cm³/mol. The molecule has 2 aromatic rings. The van der Waals surface area contributed by atoms with Crippen molar-refractivity contribution < 1.29 is 26.3 Å². The van der Waals surface area contributed by atoms with Gasteiger partial charge in [0.1, 0.15) is 11.9 Å². The number of halogens is 3. The largest absolute Gasteiger partial charge is 0.490 e. The van der Waals surface area contributed by atoms with Crippen LogP contribution in [0.15, 0.2) is 54.6 Å². The number of sulfonamides is 1. The van der Waals surface area contributed by atoms with Gasteiger partial charge in [0, 0.05) is 25.9 Å². The Morgan fingerprint density at radius 3 is 2.40 bits per heavy atom. The van der Waals surface area contributed by atoms with E-state index in [0.29, 0.717) is 22.8 Å².